The zero-order valence-corrected chi connectivity index (χ0v) is 9.15. The largest absolute Gasteiger partial charge is 0.468 e. The van der Waals surface area contributed by atoms with E-state index in [2.05, 4.69) is 12.2 Å². The molecular formula is C12H19NO2. The summed E-state index contributed by atoms with van der Waals surface area (Å²) in [5.74, 6) is 0.938. The van der Waals surface area contributed by atoms with Crippen molar-refractivity contribution < 1.29 is 9.52 Å². The normalized spacial score (nSPS) is 28.9. The number of furan rings is 1. The Hall–Kier alpha value is -0.800. The molecule has 15 heavy (non-hydrogen) atoms. The highest BCUT2D eigenvalue weighted by atomic mass is 16.3. The molecule has 1 aliphatic carbocycles. The number of hydrogen-bond acceptors (Lipinski definition) is 3. The Morgan fingerprint density at radius 2 is 2.27 bits per heavy atom. The molecule has 1 heterocycles. The van der Waals surface area contributed by atoms with Crippen LogP contribution in [0.3, 0.4) is 0 Å². The summed E-state index contributed by atoms with van der Waals surface area (Å²) in [6.07, 6.45) is 5.82. The number of nitrogens with one attached hydrogen (secondary N) is 1. The van der Waals surface area contributed by atoms with E-state index < -0.39 is 0 Å². The fraction of sp³-hybridized carbons (Fsp3) is 0.667. The summed E-state index contributed by atoms with van der Waals surface area (Å²) < 4.78 is 5.33. The van der Waals surface area contributed by atoms with Gasteiger partial charge in [0.1, 0.15) is 5.76 Å². The van der Waals surface area contributed by atoms with E-state index in [9.17, 15) is 5.11 Å². The minimum atomic E-state index is -0.198. The van der Waals surface area contributed by atoms with E-state index in [1.165, 1.54) is 6.42 Å². The first kappa shape index (κ1) is 10.7. The number of aliphatic hydroxyl groups excluding tert-OH is 1. The third-order valence-corrected chi connectivity index (χ3v) is 3.16. The zero-order chi connectivity index (χ0) is 10.7. The highest BCUT2D eigenvalue weighted by molar-refractivity contribution is 5.03. The number of hydrogen-bond donors (Lipinski definition) is 2. The first-order valence-electron chi connectivity index (χ1n) is 5.75. The molecule has 2 rings (SSSR count). The quantitative estimate of drug-likeness (QED) is 0.802. The van der Waals surface area contributed by atoms with E-state index in [0.717, 1.165) is 25.0 Å². The van der Waals surface area contributed by atoms with Crippen LogP contribution in [0.15, 0.2) is 22.8 Å². The third kappa shape index (κ3) is 2.61. The van der Waals surface area contributed by atoms with Crippen molar-refractivity contribution in [1.82, 2.24) is 5.32 Å². The molecule has 84 valence electrons. The summed E-state index contributed by atoms with van der Waals surface area (Å²) in [6.45, 7) is 2.07. The van der Waals surface area contributed by atoms with E-state index in [4.69, 9.17) is 4.42 Å². The zero-order valence-electron chi connectivity index (χ0n) is 9.15. The Bertz CT molecular complexity index is 284. The van der Waals surface area contributed by atoms with Gasteiger partial charge in [0.25, 0.3) is 0 Å². The maximum Gasteiger partial charge on any atom is 0.120 e. The van der Waals surface area contributed by atoms with Crippen molar-refractivity contribution in [2.45, 2.75) is 50.8 Å². The van der Waals surface area contributed by atoms with Gasteiger partial charge in [-0.05, 0) is 31.9 Å². The second-order valence-electron chi connectivity index (χ2n) is 4.36. The molecular weight excluding hydrogens is 190 g/mol. The average Bonchev–Trinajstić information content (AvgIpc) is 2.74. The van der Waals surface area contributed by atoms with Gasteiger partial charge < -0.3 is 14.8 Å². The molecule has 0 aliphatic heterocycles. The molecule has 0 saturated heterocycles. The Morgan fingerprint density at radius 1 is 1.47 bits per heavy atom. The van der Waals surface area contributed by atoms with Gasteiger partial charge in [0.2, 0.25) is 0 Å². The molecule has 1 aromatic heterocycles. The van der Waals surface area contributed by atoms with Gasteiger partial charge in [-0.2, -0.15) is 0 Å². The minimum absolute atomic E-state index is 0.178. The molecule has 3 atom stereocenters. The monoisotopic (exact) mass is 209 g/mol. The Labute approximate surface area is 90.5 Å². The van der Waals surface area contributed by atoms with Crippen molar-refractivity contribution in [3.63, 3.8) is 0 Å². The molecule has 0 aromatic carbocycles. The van der Waals surface area contributed by atoms with Crippen LogP contribution in [-0.2, 0) is 0 Å². The molecule has 0 bridgehead atoms. The summed E-state index contributed by atoms with van der Waals surface area (Å²) in [5, 5.41) is 13.2. The number of rotatable bonds is 3. The molecule has 1 saturated carbocycles. The van der Waals surface area contributed by atoms with Gasteiger partial charge in [-0.25, -0.2) is 0 Å². The first-order chi connectivity index (χ1) is 7.27. The molecule has 1 aromatic rings. The van der Waals surface area contributed by atoms with Gasteiger partial charge in [-0.3, -0.25) is 0 Å². The highest BCUT2D eigenvalue weighted by Crippen LogP contribution is 2.22. The van der Waals surface area contributed by atoms with Gasteiger partial charge in [-0.15, -0.1) is 0 Å². The van der Waals surface area contributed by atoms with Crippen LogP contribution in [0.25, 0.3) is 0 Å². The van der Waals surface area contributed by atoms with E-state index in [1.807, 2.05) is 12.1 Å². The summed E-state index contributed by atoms with van der Waals surface area (Å²) in [7, 11) is 0. The smallest absolute Gasteiger partial charge is 0.120 e. The van der Waals surface area contributed by atoms with Gasteiger partial charge >= 0.3 is 0 Å². The third-order valence-electron chi connectivity index (χ3n) is 3.16. The van der Waals surface area contributed by atoms with E-state index in [-0.39, 0.29) is 18.2 Å². The first-order valence-corrected chi connectivity index (χ1v) is 5.75. The molecule has 0 amide bonds. The SMILES string of the molecule is C[C@@H](N[C@@H]1CCCC[C@H]1O)c1ccco1. The van der Waals surface area contributed by atoms with Crippen LogP contribution in [0.1, 0.15) is 44.4 Å². The van der Waals surface area contributed by atoms with Crippen molar-refractivity contribution in [2.75, 3.05) is 0 Å². The topological polar surface area (TPSA) is 45.4 Å². The molecule has 0 spiro atoms. The lowest BCUT2D eigenvalue weighted by atomic mass is 9.92. The fourth-order valence-electron chi connectivity index (χ4n) is 2.25. The van der Waals surface area contributed by atoms with Gasteiger partial charge in [-0.1, -0.05) is 12.8 Å². The van der Waals surface area contributed by atoms with Crippen molar-refractivity contribution in [1.29, 1.82) is 0 Å². The lowest BCUT2D eigenvalue weighted by Gasteiger charge is -2.30. The summed E-state index contributed by atoms with van der Waals surface area (Å²) in [5.41, 5.74) is 0. The van der Waals surface area contributed by atoms with Gasteiger partial charge in [0, 0.05) is 6.04 Å². The van der Waals surface area contributed by atoms with E-state index in [1.54, 1.807) is 6.26 Å². The molecule has 1 fully saturated rings. The van der Waals surface area contributed by atoms with E-state index >= 15 is 0 Å². The van der Waals surface area contributed by atoms with Crippen molar-refractivity contribution in [3.8, 4) is 0 Å². The highest BCUT2D eigenvalue weighted by Gasteiger charge is 2.24. The van der Waals surface area contributed by atoms with Crippen molar-refractivity contribution >= 4 is 0 Å². The average molecular weight is 209 g/mol. The lowest BCUT2D eigenvalue weighted by Crippen LogP contribution is -2.43. The molecule has 3 heteroatoms. The molecule has 1 aliphatic rings. The predicted molar refractivity (Wildman–Crippen MR) is 58.5 cm³/mol. The summed E-state index contributed by atoms with van der Waals surface area (Å²) in [6, 6.07) is 4.26. The molecule has 0 unspecified atom stereocenters. The van der Waals surface area contributed by atoms with E-state index in [0.29, 0.717) is 0 Å². The van der Waals surface area contributed by atoms with Crippen LogP contribution >= 0.6 is 0 Å². The van der Waals surface area contributed by atoms with Crippen molar-refractivity contribution in [3.05, 3.63) is 24.2 Å². The maximum atomic E-state index is 9.82. The van der Waals surface area contributed by atoms with Crippen LogP contribution in [0.5, 0.6) is 0 Å². The van der Waals surface area contributed by atoms with Crippen LogP contribution in [0.4, 0.5) is 0 Å². The predicted octanol–water partition coefficient (Wildman–Crippen LogP) is 2.23. The minimum Gasteiger partial charge on any atom is -0.468 e. The summed E-state index contributed by atoms with van der Waals surface area (Å²) in [4.78, 5) is 0. The second kappa shape index (κ2) is 4.81. The van der Waals surface area contributed by atoms with Crippen LogP contribution in [-0.4, -0.2) is 17.3 Å². The molecule has 2 N–H and O–H groups in total. The molecule has 3 nitrogen and oxygen atoms in total. The molecule has 0 radical (unpaired) electrons. The lowest BCUT2D eigenvalue weighted by molar-refractivity contribution is 0.0845. The summed E-state index contributed by atoms with van der Waals surface area (Å²) >= 11 is 0. The standard InChI is InChI=1S/C12H19NO2/c1-9(12-7-4-8-15-12)13-10-5-2-3-6-11(10)14/h4,7-11,13-14H,2-3,5-6H2,1H3/t9-,10-,11-/m1/s1. The van der Waals surface area contributed by atoms with Crippen LogP contribution < -0.4 is 5.32 Å². The van der Waals surface area contributed by atoms with Crippen molar-refractivity contribution in [2.24, 2.45) is 0 Å². The second-order valence-corrected chi connectivity index (χ2v) is 4.36. The van der Waals surface area contributed by atoms with Gasteiger partial charge in [0.05, 0.1) is 18.4 Å². The Kier molecular flexibility index (Phi) is 3.44. The van der Waals surface area contributed by atoms with Crippen LogP contribution in [0.2, 0.25) is 0 Å². The van der Waals surface area contributed by atoms with Crippen LogP contribution in [0, 0.1) is 0 Å². The Morgan fingerprint density at radius 3 is 2.93 bits per heavy atom. The Balaban J connectivity index is 1.90. The maximum absolute atomic E-state index is 9.82. The van der Waals surface area contributed by atoms with Gasteiger partial charge in [0.15, 0.2) is 0 Å². The fourth-order valence-corrected chi connectivity index (χ4v) is 2.25. The number of aliphatic hydroxyl groups is 1.